The van der Waals surface area contributed by atoms with E-state index in [1.165, 1.54) is 0 Å². The van der Waals surface area contributed by atoms with Crippen LogP contribution < -0.4 is 9.47 Å². The first-order valence-corrected chi connectivity index (χ1v) is 9.92. The van der Waals surface area contributed by atoms with Crippen LogP contribution in [0.2, 0.25) is 0 Å². The van der Waals surface area contributed by atoms with E-state index in [9.17, 15) is 4.79 Å². The van der Waals surface area contributed by atoms with E-state index in [0.29, 0.717) is 54.8 Å². The lowest BCUT2D eigenvalue weighted by molar-refractivity contribution is 0.0297. The molecule has 4 rings (SSSR count). The second-order valence-electron chi connectivity index (χ2n) is 7.10. The number of carbonyl (C=O) groups is 1. The average molecular weight is 427 g/mol. The minimum absolute atomic E-state index is 0.174. The van der Waals surface area contributed by atoms with Crippen LogP contribution in [-0.2, 0) is 16.1 Å². The Bertz CT molecular complexity index is 1110. The van der Waals surface area contributed by atoms with E-state index in [2.05, 4.69) is 15.3 Å². The maximum absolute atomic E-state index is 13.0. The van der Waals surface area contributed by atoms with Crippen LogP contribution in [0.4, 0.5) is 0 Å². The molecule has 0 bridgehead atoms. The van der Waals surface area contributed by atoms with Gasteiger partial charge in [-0.25, -0.2) is 4.52 Å². The van der Waals surface area contributed by atoms with Crippen LogP contribution in [0.3, 0.4) is 0 Å². The minimum atomic E-state index is -0.174. The van der Waals surface area contributed by atoms with E-state index in [4.69, 9.17) is 18.9 Å². The first-order chi connectivity index (χ1) is 15.1. The quantitative estimate of drug-likeness (QED) is 0.586. The van der Waals surface area contributed by atoms with Gasteiger partial charge in [-0.05, 0) is 24.6 Å². The molecule has 10 nitrogen and oxygen atoms in total. The van der Waals surface area contributed by atoms with Crippen LogP contribution in [-0.4, -0.2) is 78.3 Å². The molecule has 3 aromatic rings. The molecule has 3 heterocycles. The lowest BCUT2D eigenvalue weighted by Crippen LogP contribution is -2.41. The zero-order chi connectivity index (χ0) is 22.0. The lowest BCUT2D eigenvalue weighted by Gasteiger charge is -2.26. The van der Waals surface area contributed by atoms with Crippen molar-refractivity contribution in [3.05, 3.63) is 35.3 Å². The Balaban J connectivity index is 1.83. The number of amides is 1. The van der Waals surface area contributed by atoms with Gasteiger partial charge in [-0.3, -0.25) is 4.79 Å². The number of morpholine rings is 1. The molecule has 1 fully saturated rings. The summed E-state index contributed by atoms with van der Waals surface area (Å²) in [5.74, 6) is 1.04. The molecule has 1 amide bonds. The Morgan fingerprint density at radius 1 is 1.10 bits per heavy atom. The fourth-order valence-corrected chi connectivity index (χ4v) is 3.69. The maximum Gasteiger partial charge on any atom is 0.276 e. The van der Waals surface area contributed by atoms with Gasteiger partial charge in [-0.15, -0.1) is 10.2 Å². The molecular formula is C21H25N5O5. The molecule has 1 aromatic carbocycles. The number of fused-ring (bicyclic) bond motifs is 1. The normalized spacial score (nSPS) is 14.1. The van der Waals surface area contributed by atoms with Crippen molar-refractivity contribution in [3.8, 4) is 22.6 Å². The summed E-state index contributed by atoms with van der Waals surface area (Å²) in [6, 6.07) is 5.59. The van der Waals surface area contributed by atoms with E-state index in [1.54, 1.807) is 30.7 Å². The average Bonchev–Trinajstić information content (AvgIpc) is 3.18. The third kappa shape index (κ3) is 3.79. The molecule has 164 valence electrons. The second kappa shape index (κ2) is 8.86. The standard InChI is InChI=1S/C21H25N5O5/c1-13-19(21(27)25-7-9-31-10-8-25)22-23-20-18(15(12-28-2)24-26(13)20)14-5-6-16(29-3)17(11-14)30-4/h5-6,11H,7-10,12H2,1-4H3. The largest absolute Gasteiger partial charge is 0.493 e. The van der Waals surface area contributed by atoms with Gasteiger partial charge >= 0.3 is 0 Å². The highest BCUT2D eigenvalue weighted by Crippen LogP contribution is 2.35. The number of nitrogens with zero attached hydrogens (tertiary/aromatic N) is 5. The number of hydrogen-bond acceptors (Lipinski definition) is 8. The first kappa shape index (κ1) is 21.0. The van der Waals surface area contributed by atoms with Gasteiger partial charge in [0.15, 0.2) is 22.8 Å². The molecule has 0 aliphatic carbocycles. The van der Waals surface area contributed by atoms with Crippen LogP contribution in [0, 0.1) is 6.92 Å². The van der Waals surface area contributed by atoms with Gasteiger partial charge in [0.1, 0.15) is 0 Å². The van der Waals surface area contributed by atoms with Crippen molar-refractivity contribution in [3.63, 3.8) is 0 Å². The third-order valence-corrected chi connectivity index (χ3v) is 5.29. The van der Waals surface area contributed by atoms with Crippen molar-refractivity contribution in [2.45, 2.75) is 13.5 Å². The molecule has 10 heteroatoms. The molecular weight excluding hydrogens is 402 g/mol. The Morgan fingerprint density at radius 2 is 1.84 bits per heavy atom. The second-order valence-corrected chi connectivity index (χ2v) is 7.10. The predicted molar refractivity (Wildman–Crippen MR) is 111 cm³/mol. The first-order valence-electron chi connectivity index (χ1n) is 9.92. The zero-order valence-electron chi connectivity index (χ0n) is 18.0. The molecule has 0 unspecified atom stereocenters. The fraction of sp³-hybridized carbons (Fsp3) is 0.429. The number of carbonyl (C=O) groups excluding carboxylic acids is 1. The van der Waals surface area contributed by atoms with Crippen LogP contribution in [0.5, 0.6) is 11.5 Å². The molecule has 1 aliphatic heterocycles. The summed E-state index contributed by atoms with van der Waals surface area (Å²) in [6.45, 7) is 4.19. The van der Waals surface area contributed by atoms with Crippen LogP contribution in [0.15, 0.2) is 18.2 Å². The predicted octanol–water partition coefficient (Wildman–Crippen LogP) is 1.74. The zero-order valence-corrected chi connectivity index (χ0v) is 18.0. The van der Waals surface area contributed by atoms with E-state index in [-0.39, 0.29) is 18.2 Å². The maximum atomic E-state index is 13.0. The Kier molecular flexibility index (Phi) is 6.01. The molecule has 0 saturated carbocycles. The molecule has 0 N–H and O–H groups in total. The topological polar surface area (TPSA) is 100 Å². The van der Waals surface area contributed by atoms with E-state index in [1.807, 2.05) is 25.1 Å². The number of hydrogen-bond donors (Lipinski definition) is 0. The van der Waals surface area contributed by atoms with Crippen LogP contribution in [0.25, 0.3) is 16.8 Å². The summed E-state index contributed by atoms with van der Waals surface area (Å²) < 4.78 is 23.1. The molecule has 1 saturated heterocycles. The van der Waals surface area contributed by atoms with Gasteiger partial charge < -0.3 is 23.8 Å². The number of methoxy groups -OCH3 is 3. The smallest absolute Gasteiger partial charge is 0.276 e. The molecule has 1 aliphatic rings. The SMILES string of the molecule is COCc1nn2c(C)c(C(=O)N3CCOCC3)nnc2c1-c1ccc(OC)c(OC)c1. The van der Waals surface area contributed by atoms with Gasteiger partial charge in [0.2, 0.25) is 0 Å². The molecule has 0 atom stereocenters. The van der Waals surface area contributed by atoms with Crippen molar-refractivity contribution in [2.75, 3.05) is 47.6 Å². The lowest BCUT2D eigenvalue weighted by atomic mass is 10.1. The number of aryl methyl sites for hydroxylation is 1. The van der Waals surface area contributed by atoms with Crippen molar-refractivity contribution in [2.24, 2.45) is 0 Å². The number of benzene rings is 1. The summed E-state index contributed by atoms with van der Waals surface area (Å²) in [6.07, 6.45) is 0. The third-order valence-electron chi connectivity index (χ3n) is 5.29. The summed E-state index contributed by atoms with van der Waals surface area (Å²) in [4.78, 5) is 14.7. The van der Waals surface area contributed by atoms with E-state index < -0.39 is 0 Å². The van der Waals surface area contributed by atoms with Gasteiger partial charge in [-0.1, -0.05) is 6.07 Å². The van der Waals surface area contributed by atoms with Gasteiger partial charge in [0, 0.05) is 20.2 Å². The van der Waals surface area contributed by atoms with E-state index >= 15 is 0 Å². The minimum Gasteiger partial charge on any atom is -0.493 e. The van der Waals surface area contributed by atoms with Crippen LogP contribution in [0.1, 0.15) is 21.9 Å². The molecule has 0 spiro atoms. The molecule has 2 aromatic heterocycles. The Hall–Kier alpha value is -3.24. The van der Waals surface area contributed by atoms with E-state index in [0.717, 1.165) is 11.1 Å². The number of ether oxygens (including phenoxy) is 4. The molecule has 0 radical (unpaired) electrons. The van der Waals surface area contributed by atoms with Crippen molar-refractivity contribution in [1.29, 1.82) is 0 Å². The highest BCUT2D eigenvalue weighted by Gasteiger charge is 2.26. The summed E-state index contributed by atoms with van der Waals surface area (Å²) in [7, 11) is 4.78. The van der Waals surface area contributed by atoms with Gasteiger partial charge in [0.25, 0.3) is 5.91 Å². The number of rotatable bonds is 6. The number of aromatic nitrogens is 4. The van der Waals surface area contributed by atoms with Crippen molar-refractivity contribution >= 4 is 11.6 Å². The summed E-state index contributed by atoms with van der Waals surface area (Å²) >= 11 is 0. The summed E-state index contributed by atoms with van der Waals surface area (Å²) in [5.41, 5.74) is 3.72. The van der Waals surface area contributed by atoms with Crippen molar-refractivity contribution in [1.82, 2.24) is 24.7 Å². The van der Waals surface area contributed by atoms with Gasteiger partial charge in [-0.2, -0.15) is 5.10 Å². The van der Waals surface area contributed by atoms with Crippen LogP contribution >= 0.6 is 0 Å². The van der Waals surface area contributed by atoms with Gasteiger partial charge in [0.05, 0.1) is 51.0 Å². The Labute approximate surface area is 179 Å². The van der Waals surface area contributed by atoms with Crippen molar-refractivity contribution < 1.29 is 23.7 Å². The fourth-order valence-electron chi connectivity index (χ4n) is 3.69. The monoisotopic (exact) mass is 427 g/mol. The highest BCUT2D eigenvalue weighted by atomic mass is 16.5. The highest BCUT2D eigenvalue weighted by molar-refractivity contribution is 5.94. The summed E-state index contributed by atoms with van der Waals surface area (Å²) in [5, 5.41) is 13.3. The Morgan fingerprint density at radius 3 is 2.52 bits per heavy atom. The molecule has 31 heavy (non-hydrogen) atoms.